The van der Waals surface area contributed by atoms with Crippen molar-refractivity contribution in [3.8, 4) is 11.5 Å². The number of hydrogen-bond donors (Lipinski definition) is 2. The maximum atomic E-state index is 13.7. The maximum absolute atomic E-state index is 13.7. The van der Waals surface area contributed by atoms with Gasteiger partial charge in [0.2, 0.25) is 17.7 Å². The van der Waals surface area contributed by atoms with Crippen LogP contribution in [0.4, 0.5) is 0 Å². The molecule has 11 rings (SSSR count). The molecule has 2 N–H and O–H groups in total. The zero-order valence-corrected chi connectivity index (χ0v) is 29.5. The molecule has 258 valence electrons. The summed E-state index contributed by atoms with van der Waals surface area (Å²) in [5, 5.41) is 9.33. The summed E-state index contributed by atoms with van der Waals surface area (Å²) in [4.78, 5) is 26.5. The Hall–Kier alpha value is -3.48. The van der Waals surface area contributed by atoms with E-state index in [1.165, 1.54) is 69.8 Å². The van der Waals surface area contributed by atoms with Gasteiger partial charge in [-0.1, -0.05) is 42.3 Å². The third-order valence-corrected chi connectivity index (χ3v) is 14.3. The summed E-state index contributed by atoms with van der Waals surface area (Å²) in [6, 6.07) is 15.9. The number of aromatic nitrogens is 2. The number of hydrazine groups is 1. The molecule has 8 saturated carbocycles. The van der Waals surface area contributed by atoms with Crippen molar-refractivity contribution in [2.45, 2.75) is 110 Å². The van der Waals surface area contributed by atoms with Gasteiger partial charge in [-0.05, 0) is 168 Å². The maximum Gasteiger partial charge on any atom is 0.269 e. The van der Waals surface area contributed by atoms with Gasteiger partial charge in [-0.15, -0.1) is 10.2 Å². The Morgan fingerprint density at radius 3 is 2.27 bits per heavy atom. The predicted molar refractivity (Wildman–Crippen MR) is 188 cm³/mol. The molecule has 2 amide bonds. The van der Waals surface area contributed by atoms with Crippen molar-refractivity contribution in [2.24, 2.45) is 52.3 Å². The molecule has 0 saturated heterocycles. The molecule has 8 aliphatic rings. The summed E-state index contributed by atoms with van der Waals surface area (Å²) in [5.41, 5.74) is 9.54. The first-order valence-corrected chi connectivity index (χ1v) is 19.2. The lowest BCUT2D eigenvalue weighted by Crippen LogP contribution is -2.59. The van der Waals surface area contributed by atoms with Crippen molar-refractivity contribution in [2.75, 3.05) is 0 Å². The van der Waals surface area contributed by atoms with Crippen molar-refractivity contribution in [3.63, 3.8) is 0 Å². The highest BCUT2D eigenvalue weighted by atomic mass is 16.4. The summed E-state index contributed by atoms with van der Waals surface area (Å²) < 4.78 is 6.55. The molecule has 2 aromatic carbocycles. The first-order chi connectivity index (χ1) is 23.6. The number of benzene rings is 2. The Morgan fingerprint density at radius 2 is 1.55 bits per heavy atom. The van der Waals surface area contributed by atoms with Gasteiger partial charge in [-0.2, -0.15) is 0 Å². The first kappa shape index (κ1) is 31.5. The van der Waals surface area contributed by atoms with Gasteiger partial charge in [0.05, 0.1) is 5.41 Å². The minimum Gasteiger partial charge on any atom is -0.420 e. The van der Waals surface area contributed by atoms with Crippen LogP contribution >= 0.6 is 0 Å². The van der Waals surface area contributed by atoms with Gasteiger partial charge in [-0.25, -0.2) is 0 Å². The lowest BCUT2D eigenvalue weighted by Gasteiger charge is -2.62. The molecule has 0 aliphatic heterocycles. The normalized spacial score (nSPS) is 37.3. The average Bonchev–Trinajstić information content (AvgIpc) is 3.56. The van der Waals surface area contributed by atoms with Crippen LogP contribution in [0.2, 0.25) is 0 Å². The van der Waals surface area contributed by atoms with Crippen LogP contribution < -0.4 is 10.9 Å². The number of aryl methyl sites for hydroxylation is 2. The van der Waals surface area contributed by atoms with Crippen LogP contribution in [-0.4, -0.2) is 22.0 Å². The summed E-state index contributed by atoms with van der Waals surface area (Å²) in [6.45, 7) is 6.61. The summed E-state index contributed by atoms with van der Waals surface area (Å²) in [7, 11) is 0. The Kier molecular flexibility index (Phi) is 7.41. The summed E-state index contributed by atoms with van der Waals surface area (Å²) >= 11 is 0. The van der Waals surface area contributed by atoms with Crippen LogP contribution in [-0.2, 0) is 10.2 Å². The number of hydrogen-bond acceptors (Lipinski definition) is 5. The zero-order chi connectivity index (χ0) is 33.5. The predicted octanol–water partition coefficient (Wildman–Crippen LogP) is 8.51. The molecule has 1 heterocycles. The molecular weight excluding hydrogens is 608 g/mol. The second kappa shape index (κ2) is 11.5. The molecule has 0 spiro atoms. The van der Waals surface area contributed by atoms with Crippen LogP contribution in [0.5, 0.6) is 0 Å². The number of carbonyl (C=O) groups is 2. The van der Waals surface area contributed by atoms with Gasteiger partial charge in [0.1, 0.15) is 0 Å². The van der Waals surface area contributed by atoms with Crippen molar-refractivity contribution in [3.05, 3.63) is 71.1 Å². The number of rotatable bonds is 8. The number of nitrogens with zero attached hydrogens (tertiary/aromatic N) is 2. The minimum atomic E-state index is -0.330. The molecule has 7 heteroatoms. The fourth-order valence-electron chi connectivity index (χ4n) is 13.5. The van der Waals surface area contributed by atoms with Crippen molar-refractivity contribution in [1.29, 1.82) is 0 Å². The molecule has 5 unspecified atom stereocenters. The standard InChI is InChI=1S/C42H52N4O3/c1-25-6-4-8-31(10-25)36(47)43-45-38(48)41-19-28-14-33(22-41)35(34(15-28)23-41)12-27(3)16-40-17-29-13-30(18-40)21-42(20-29,24-40)39-46-44-37(49-39)32-9-5-7-26(2)11-32/h4-11,27-30,33-35H,12-24H2,1-3H3,(H,43,47)(H,45,48). The highest BCUT2D eigenvalue weighted by molar-refractivity contribution is 5.96. The van der Waals surface area contributed by atoms with E-state index in [0.717, 1.165) is 48.1 Å². The first-order valence-electron chi connectivity index (χ1n) is 19.2. The topological polar surface area (TPSA) is 97.1 Å². The number of nitrogens with one attached hydrogen (secondary N) is 2. The van der Waals surface area contributed by atoms with E-state index in [1.807, 2.05) is 25.1 Å². The Morgan fingerprint density at radius 1 is 0.837 bits per heavy atom. The van der Waals surface area contributed by atoms with Crippen LogP contribution in [0.25, 0.3) is 11.5 Å². The molecule has 1 aromatic heterocycles. The van der Waals surface area contributed by atoms with E-state index in [1.54, 1.807) is 6.07 Å². The Balaban J connectivity index is 0.863. The molecular formula is C42H52N4O3. The van der Waals surface area contributed by atoms with Crippen LogP contribution in [0.1, 0.15) is 118 Å². The molecule has 0 radical (unpaired) electrons. The van der Waals surface area contributed by atoms with E-state index in [4.69, 9.17) is 9.52 Å². The van der Waals surface area contributed by atoms with E-state index in [2.05, 4.69) is 54.1 Å². The largest absolute Gasteiger partial charge is 0.420 e. The van der Waals surface area contributed by atoms with E-state index in [9.17, 15) is 9.59 Å². The molecule has 8 fully saturated rings. The van der Waals surface area contributed by atoms with Gasteiger partial charge in [0.15, 0.2) is 0 Å². The van der Waals surface area contributed by atoms with Gasteiger partial charge in [0, 0.05) is 16.5 Å². The zero-order valence-electron chi connectivity index (χ0n) is 29.5. The highest BCUT2D eigenvalue weighted by Crippen LogP contribution is 2.68. The fraction of sp³-hybridized carbons (Fsp3) is 0.619. The summed E-state index contributed by atoms with van der Waals surface area (Å²) in [6.07, 6.45) is 15.8. The molecule has 5 atom stereocenters. The van der Waals surface area contributed by atoms with E-state index < -0.39 is 0 Å². The van der Waals surface area contributed by atoms with Gasteiger partial charge in [-0.3, -0.25) is 20.4 Å². The lowest BCUT2D eigenvalue weighted by atomic mass is 9.42. The minimum absolute atomic E-state index is 0.0323. The third-order valence-electron chi connectivity index (χ3n) is 14.3. The molecule has 49 heavy (non-hydrogen) atoms. The fourth-order valence-corrected chi connectivity index (χ4v) is 13.5. The van der Waals surface area contributed by atoms with Crippen molar-refractivity contribution in [1.82, 2.24) is 21.0 Å². The smallest absolute Gasteiger partial charge is 0.269 e. The molecule has 7 nitrogen and oxygen atoms in total. The second-order valence-electron chi connectivity index (χ2n) is 18.3. The molecule has 8 bridgehead atoms. The van der Waals surface area contributed by atoms with Gasteiger partial charge >= 0.3 is 0 Å². The SMILES string of the molecule is Cc1cccc(C(=O)NNC(=O)C23CC4CC(C2)C(CC(C)CC25CC6CC(C2)CC(c2nnc(-c7cccc(C)c7)o2)(C6)C5)C(C4)C3)c1. The summed E-state index contributed by atoms with van der Waals surface area (Å²) in [5.74, 6) is 6.15. The molecule has 8 aliphatic carbocycles. The quantitative estimate of drug-likeness (QED) is 0.236. The monoisotopic (exact) mass is 660 g/mol. The van der Waals surface area contributed by atoms with E-state index in [0.29, 0.717) is 46.5 Å². The average molecular weight is 661 g/mol. The lowest BCUT2D eigenvalue weighted by molar-refractivity contribution is -0.155. The van der Waals surface area contributed by atoms with Crippen molar-refractivity contribution >= 4 is 11.8 Å². The van der Waals surface area contributed by atoms with Gasteiger partial charge < -0.3 is 4.42 Å². The number of amides is 2. The van der Waals surface area contributed by atoms with Gasteiger partial charge in [0.25, 0.3) is 5.91 Å². The Labute approximate surface area is 290 Å². The van der Waals surface area contributed by atoms with E-state index in [-0.39, 0.29) is 22.6 Å². The third kappa shape index (κ3) is 5.54. The van der Waals surface area contributed by atoms with Crippen LogP contribution in [0.3, 0.4) is 0 Å². The van der Waals surface area contributed by atoms with Crippen LogP contribution in [0.15, 0.2) is 52.9 Å². The van der Waals surface area contributed by atoms with Crippen molar-refractivity contribution < 1.29 is 14.0 Å². The molecule has 3 aromatic rings. The Bertz CT molecular complexity index is 1750. The highest BCUT2D eigenvalue weighted by Gasteiger charge is 2.61. The number of carbonyl (C=O) groups excluding carboxylic acids is 2. The van der Waals surface area contributed by atoms with E-state index >= 15 is 0 Å². The second-order valence-corrected chi connectivity index (χ2v) is 18.3. The van der Waals surface area contributed by atoms with Crippen LogP contribution in [0, 0.1) is 66.1 Å².